The molecule has 0 saturated heterocycles. The maximum Gasteiger partial charge on any atom is 0.218 e. The van der Waals surface area contributed by atoms with Crippen LogP contribution in [0.25, 0.3) is 0 Å². The van der Waals surface area contributed by atoms with E-state index in [0.29, 0.717) is 5.92 Å². The third-order valence-electron chi connectivity index (χ3n) is 6.92. The molecule has 2 aromatic rings. The third-order valence-corrected chi connectivity index (χ3v) is 14.3. The summed E-state index contributed by atoms with van der Waals surface area (Å²) in [7, 11) is -4.02. The first-order valence-corrected chi connectivity index (χ1v) is 16.7. The largest absolute Gasteiger partial charge is 0.409 e. The molecule has 0 amide bonds. The highest BCUT2D eigenvalue weighted by Crippen LogP contribution is 2.46. The smallest absolute Gasteiger partial charge is 0.218 e. The summed E-state index contributed by atoms with van der Waals surface area (Å²) in [6, 6.07) is 22.1. The molecule has 0 bridgehead atoms. The van der Waals surface area contributed by atoms with Crippen LogP contribution in [-0.4, -0.2) is 21.6 Å². The molecular weight excluding hydrogens is 372 g/mol. The van der Waals surface area contributed by atoms with Gasteiger partial charge in [0.25, 0.3) is 0 Å². The molecular formula is C25H36OSi2. The number of hydrogen-bond donors (Lipinski definition) is 0. The fourth-order valence-corrected chi connectivity index (χ4v) is 12.8. The van der Waals surface area contributed by atoms with Crippen LogP contribution in [0.2, 0.25) is 26.2 Å². The van der Waals surface area contributed by atoms with Gasteiger partial charge in [-0.3, -0.25) is 0 Å². The summed E-state index contributed by atoms with van der Waals surface area (Å²) in [4.78, 5) is 0. The monoisotopic (exact) mass is 408 g/mol. The van der Waals surface area contributed by atoms with E-state index in [-0.39, 0.29) is 5.22 Å². The molecule has 0 heterocycles. The third kappa shape index (κ3) is 3.98. The molecule has 1 atom stereocenters. The molecule has 0 aromatic heterocycles. The first kappa shape index (κ1) is 21.3. The summed E-state index contributed by atoms with van der Waals surface area (Å²) < 4.78 is 7.48. The molecule has 1 aliphatic rings. The van der Waals surface area contributed by atoms with Crippen molar-refractivity contribution in [3.63, 3.8) is 0 Å². The molecule has 3 rings (SSSR count). The van der Waals surface area contributed by atoms with Crippen LogP contribution in [0.3, 0.4) is 0 Å². The van der Waals surface area contributed by atoms with Crippen LogP contribution in [0, 0.1) is 5.92 Å². The van der Waals surface area contributed by atoms with Gasteiger partial charge >= 0.3 is 0 Å². The lowest BCUT2D eigenvalue weighted by Crippen LogP contribution is -2.70. The minimum atomic E-state index is -2.08. The fraction of sp³-hybridized carbons (Fsp3) is 0.440. The minimum Gasteiger partial charge on any atom is -0.409 e. The molecule has 0 radical (unpaired) electrons. The topological polar surface area (TPSA) is 9.23 Å². The predicted octanol–water partition coefficient (Wildman–Crippen LogP) is 5.78. The van der Waals surface area contributed by atoms with Gasteiger partial charge in [-0.05, 0) is 43.5 Å². The van der Waals surface area contributed by atoms with Gasteiger partial charge in [-0.2, -0.15) is 0 Å². The molecule has 0 aliphatic heterocycles. The zero-order chi connectivity index (χ0) is 20.3. The molecule has 28 heavy (non-hydrogen) atoms. The molecule has 0 N–H and O–H groups in total. The van der Waals surface area contributed by atoms with E-state index in [1.165, 1.54) is 36.1 Å². The maximum atomic E-state index is 7.48. The van der Waals surface area contributed by atoms with Gasteiger partial charge in [0.05, 0.1) is 5.22 Å². The average molecular weight is 409 g/mol. The standard InChI is InChI=1S/C25H36OSi2/c1-6-21-25(22-15-13-14-16-22,27(2,3)23-17-9-7-10-18-23)26-28(4,5)24-19-11-8-12-20-24/h6-12,17-20,22H,1,13-16,21H2,2-5H3. The van der Waals surface area contributed by atoms with Gasteiger partial charge < -0.3 is 4.43 Å². The van der Waals surface area contributed by atoms with Gasteiger partial charge in [-0.15, -0.1) is 6.58 Å². The van der Waals surface area contributed by atoms with Crippen LogP contribution in [-0.2, 0) is 4.43 Å². The van der Waals surface area contributed by atoms with Crippen LogP contribution in [0.4, 0.5) is 0 Å². The van der Waals surface area contributed by atoms with Gasteiger partial charge in [0.2, 0.25) is 8.32 Å². The van der Waals surface area contributed by atoms with Gasteiger partial charge in [0.1, 0.15) is 8.07 Å². The van der Waals surface area contributed by atoms with E-state index in [0.717, 1.165) is 6.42 Å². The van der Waals surface area contributed by atoms with E-state index in [1.807, 2.05) is 0 Å². The van der Waals surface area contributed by atoms with Crippen LogP contribution in [0.5, 0.6) is 0 Å². The molecule has 1 saturated carbocycles. The van der Waals surface area contributed by atoms with E-state index < -0.39 is 16.4 Å². The average Bonchev–Trinajstić information content (AvgIpc) is 3.24. The van der Waals surface area contributed by atoms with E-state index in [9.17, 15) is 0 Å². The second-order valence-electron chi connectivity index (χ2n) is 9.33. The highest BCUT2D eigenvalue weighted by Gasteiger charge is 2.55. The molecule has 1 aliphatic carbocycles. The Bertz CT molecular complexity index is 764. The van der Waals surface area contributed by atoms with Crippen molar-refractivity contribution < 1.29 is 4.43 Å². The van der Waals surface area contributed by atoms with Crippen molar-refractivity contribution in [3.05, 3.63) is 73.3 Å². The Balaban J connectivity index is 2.12. The van der Waals surface area contributed by atoms with E-state index in [2.05, 4.69) is 99.5 Å². The summed E-state index contributed by atoms with van der Waals surface area (Å²) in [5.41, 5.74) is 0. The van der Waals surface area contributed by atoms with Gasteiger partial charge in [0.15, 0.2) is 0 Å². The molecule has 1 unspecified atom stereocenters. The number of rotatable bonds is 8. The van der Waals surface area contributed by atoms with Crippen molar-refractivity contribution in [2.45, 2.75) is 63.5 Å². The van der Waals surface area contributed by atoms with Crippen LogP contribution >= 0.6 is 0 Å². The molecule has 1 nitrogen and oxygen atoms in total. The highest BCUT2D eigenvalue weighted by atomic mass is 28.4. The second-order valence-corrected chi connectivity index (χ2v) is 17.8. The zero-order valence-corrected chi connectivity index (χ0v) is 20.1. The van der Waals surface area contributed by atoms with Gasteiger partial charge in [-0.25, -0.2) is 0 Å². The Kier molecular flexibility index (Phi) is 6.48. The van der Waals surface area contributed by atoms with Crippen LogP contribution in [0.1, 0.15) is 32.1 Å². The summed E-state index contributed by atoms with van der Waals surface area (Å²) in [5.74, 6) is 0.628. The fourth-order valence-electron chi connectivity index (χ4n) is 5.24. The van der Waals surface area contributed by atoms with Crippen LogP contribution in [0.15, 0.2) is 73.3 Å². The van der Waals surface area contributed by atoms with Crippen molar-refractivity contribution in [2.24, 2.45) is 5.92 Å². The van der Waals surface area contributed by atoms with Gasteiger partial charge in [-0.1, -0.05) is 97.9 Å². The van der Waals surface area contributed by atoms with Gasteiger partial charge in [0, 0.05) is 0 Å². The summed E-state index contributed by atoms with van der Waals surface area (Å²) in [6.45, 7) is 14.0. The first-order valence-electron chi connectivity index (χ1n) is 10.8. The SMILES string of the molecule is C=CCC(O[Si](C)(C)c1ccccc1)(C1CCCC1)[Si](C)(C)c1ccccc1. The lowest BCUT2D eigenvalue weighted by molar-refractivity contribution is 0.0780. The van der Waals surface area contributed by atoms with Crippen molar-refractivity contribution in [1.82, 2.24) is 0 Å². The van der Waals surface area contributed by atoms with Crippen molar-refractivity contribution in [3.8, 4) is 0 Å². The molecule has 1 fully saturated rings. The van der Waals surface area contributed by atoms with Crippen LogP contribution < -0.4 is 10.4 Å². The Morgan fingerprint density at radius 1 is 0.893 bits per heavy atom. The van der Waals surface area contributed by atoms with E-state index in [4.69, 9.17) is 4.43 Å². The normalized spacial score (nSPS) is 18.0. The summed E-state index contributed by atoms with van der Waals surface area (Å²) >= 11 is 0. The predicted molar refractivity (Wildman–Crippen MR) is 128 cm³/mol. The molecule has 150 valence electrons. The molecule has 0 spiro atoms. The maximum absolute atomic E-state index is 7.48. The lowest BCUT2D eigenvalue weighted by atomic mass is 9.97. The highest BCUT2D eigenvalue weighted by molar-refractivity contribution is 6.93. The first-order chi connectivity index (χ1) is 13.3. The second kappa shape index (κ2) is 8.52. The Hall–Kier alpha value is -1.43. The zero-order valence-electron chi connectivity index (χ0n) is 18.1. The Morgan fingerprint density at radius 2 is 1.39 bits per heavy atom. The quantitative estimate of drug-likeness (QED) is 0.398. The van der Waals surface area contributed by atoms with E-state index >= 15 is 0 Å². The lowest BCUT2D eigenvalue weighted by Gasteiger charge is -2.53. The molecule has 2 aromatic carbocycles. The van der Waals surface area contributed by atoms with Crippen molar-refractivity contribution in [1.29, 1.82) is 0 Å². The summed E-state index contributed by atoms with van der Waals surface area (Å²) in [6.07, 6.45) is 8.33. The number of benzene rings is 2. The van der Waals surface area contributed by atoms with E-state index in [1.54, 1.807) is 0 Å². The summed E-state index contributed by atoms with van der Waals surface area (Å²) in [5, 5.41) is 2.79. The minimum absolute atomic E-state index is 0.0990. The Labute approximate surface area is 174 Å². The Morgan fingerprint density at radius 3 is 1.89 bits per heavy atom. The molecule has 3 heteroatoms. The van der Waals surface area contributed by atoms with Crippen molar-refractivity contribution >= 4 is 26.8 Å². The number of hydrogen-bond acceptors (Lipinski definition) is 1. The van der Waals surface area contributed by atoms with Crippen molar-refractivity contribution in [2.75, 3.05) is 0 Å².